The summed E-state index contributed by atoms with van der Waals surface area (Å²) >= 11 is 1.75. The molecule has 19 heavy (non-hydrogen) atoms. The van der Waals surface area contributed by atoms with E-state index in [1.807, 2.05) is 24.3 Å². The highest BCUT2D eigenvalue weighted by Crippen LogP contribution is 2.38. The summed E-state index contributed by atoms with van der Waals surface area (Å²) in [6, 6.07) is 16.5. The monoisotopic (exact) mass is 286 g/mol. The van der Waals surface area contributed by atoms with Gasteiger partial charge in [0, 0.05) is 11.2 Å². The zero-order valence-corrected chi connectivity index (χ0v) is 12.5. The van der Waals surface area contributed by atoms with Gasteiger partial charge in [-0.05, 0) is 27.8 Å². The molecule has 0 bridgehead atoms. The van der Waals surface area contributed by atoms with Crippen LogP contribution < -0.4 is 0 Å². The van der Waals surface area contributed by atoms with Crippen molar-refractivity contribution < 1.29 is 4.21 Å². The van der Waals surface area contributed by atoms with Crippen molar-refractivity contribution in [1.29, 1.82) is 0 Å². The van der Waals surface area contributed by atoms with Crippen molar-refractivity contribution in [2.24, 2.45) is 0 Å². The molecule has 0 radical (unpaired) electrons. The quantitative estimate of drug-likeness (QED) is 0.511. The maximum absolute atomic E-state index is 12.2. The van der Waals surface area contributed by atoms with Crippen molar-refractivity contribution in [3.05, 3.63) is 48.5 Å². The molecule has 1 atom stereocenters. The van der Waals surface area contributed by atoms with E-state index in [1.54, 1.807) is 18.0 Å². The third-order valence-electron chi connectivity index (χ3n) is 3.32. The molecular weight excluding hydrogens is 272 g/mol. The Morgan fingerprint density at radius 3 is 1.63 bits per heavy atom. The topological polar surface area (TPSA) is 17.1 Å². The van der Waals surface area contributed by atoms with Crippen LogP contribution >= 0.6 is 11.8 Å². The fraction of sp³-hybridized carbons (Fsp3) is 0.125. The Kier molecular flexibility index (Phi) is 3.33. The van der Waals surface area contributed by atoms with Gasteiger partial charge < -0.3 is 0 Å². The molecule has 3 rings (SSSR count). The first-order valence-electron chi connectivity index (χ1n) is 6.05. The molecule has 0 N–H and O–H groups in total. The smallest absolute Gasteiger partial charge is 0.0542 e. The largest absolute Gasteiger partial charge is 0.255 e. The van der Waals surface area contributed by atoms with E-state index in [2.05, 4.69) is 30.5 Å². The summed E-state index contributed by atoms with van der Waals surface area (Å²) in [5, 5.41) is 4.59. The van der Waals surface area contributed by atoms with Crippen LogP contribution in [0.15, 0.2) is 58.3 Å². The van der Waals surface area contributed by atoms with Crippen LogP contribution in [0.2, 0.25) is 0 Å². The van der Waals surface area contributed by atoms with Crippen LogP contribution in [0.5, 0.6) is 0 Å². The molecule has 3 aromatic rings. The van der Waals surface area contributed by atoms with Gasteiger partial charge in [-0.3, -0.25) is 4.21 Å². The molecule has 1 unspecified atom stereocenters. The highest BCUT2D eigenvalue weighted by molar-refractivity contribution is 7.99. The summed E-state index contributed by atoms with van der Waals surface area (Å²) in [5.41, 5.74) is 0. The highest BCUT2D eigenvalue weighted by atomic mass is 32.2. The molecule has 0 amide bonds. The van der Waals surface area contributed by atoms with Crippen molar-refractivity contribution in [3.63, 3.8) is 0 Å². The van der Waals surface area contributed by atoms with Gasteiger partial charge in [0.25, 0.3) is 0 Å². The Balaban J connectivity index is 2.65. The minimum absolute atomic E-state index is 0.948. The maximum atomic E-state index is 12.2. The minimum atomic E-state index is -0.998. The van der Waals surface area contributed by atoms with Gasteiger partial charge >= 0.3 is 0 Å². The van der Waals surface area contributed by atoms with Crippen LogP contribution in [0.25, 0.3) is 21.5 Å². The molecule has 0 saturated heterocycles. The van der Waals surface area contributed by atoms with E-state index in [4.69, 9.17) is 0 Å². The van der Waals surface area contributed by atoms with Crippen molar-refractivity contribution in [2.45, 2.75) is 9.79 Å². The molecule has 3 aromatic carbocycles. The molecule has 0 aliphatic carbocycles. The Morgan fingerprint density at radius 1 is 0.842 bits per heavy atom. The third-order valence-corrected chi connectivity index (χ3v) is 5.19. The van der Waals surface area contributed by atoms with Crippen LogP contribution in [0.4, 0.5) is 0 Å². The van der Waals surface area contributed by atoms with Crippen LogP contribution in [-0.2, 0) is 10.8 Å². The molecular formula is C16H14OS2. The van der Waals surface area contributed by atoms with E-state index in [0.717, 1.165) is 15.7 Å². The van der Waals surface area contributed by atoms with E-state index in [-0.39, 0.29) is 0 Å². The molecule has 0 fully saturated rings. The summed E-state index contributed by atoms with van der Waals surface area (Å²) in [6.07, 6.45) is 3.85. The summed E-state index contributed by atoms with van der Waals surface area (Å²) in [7, 11) is -0.998. The number of fused-ring (bicyclic) bond motifs is 2. The predicted molar refractivity (Wildman–Crippen MR) is 85.6 cm³/mol. The number of benzene rings is 3. The van der Waals surface area contributed by atoms with Gasteiger partial charge in [0.1, 0.15) is 0 Å². The lowest BCUT2D eigenvalue weighted by Crippen LogP contribution is -1.94. The van der Waals surface area contributed by atoms with Crippen molar-refractivity contribution in [2.75, 3.05) is 12.5 Å². The predicted octanol–water partition coefficient (Wildman–Crippen LogP) is 4.45. The Bertz CT molecular complexity index is 736. The number of hydrogen-bond acceptors (Lipinski definition) is 2. The summed E-state index contributed by atoms with van der Waals surface area (Å²) in [5.74, 6) is 0. The molecule has 96 valence electrons. The summed E-state index contributed by atoms with van der Waals surface area (Å²) in [6.45, 7) is 0. The Hall–Kier alpha value is -1.32. The van der Waals surface area contributed by atoms with Crippen LogP contribution in [0.3, 0.4) is 0 Å². The van der Waals surface area contributed by atoms with E-state index < -0.39 is 10.8 Å². The zero-order valence-electron chi connectivity index (χ0n) is 10.8. The standard InChI is InChI=1S/C16H14OS2/c1-18-15-11-7-3-5-9-13(11)16(19(2)17)14-10-6-4-8-12(14)15/h3-10H,1-2H3. The Morgan fingerprint density at radius 2 is 1.26 bits per heavy atom. The van der Waals surface area contributed by atoms with E-state index in [9.17, 15) is 4.21 Å². The van der Waals surface area contributed by atoms with Crippen molar-refractivity contribution in [3.8, 4) is 0 Å². The average molecular weight is 286 g/mol. The van der Waals surface area contributed by atoms with E-state index in [0.29, 0.717) is 0 Å². The third kappa shape index (κ3) is 1.97. The second-order valence-corrected chi connectivity index (χ2v) is 6.54. The lowest BCUT2D eigenvalue weighted by molar-refractivity contribution is 0.688. The second kappa shape index (κ2) is 4.99. The molecule has 0 saturated carbocycles. The Labute approximate surface area is 119 Å². The second-order valence-electron chi connectivity index (χ2n) is 4.41. The first-order chi connectivity index (χ1) is 9.24. The first-order valence-corrected chi connectivity index (χ1v) is 8.83. The highest BCUT2D eigenvalue weighted by Gasteiger charge is 2.14. The van der Waals surface area contributed by atoms with Crippen LogP contribution in [0.1, 0.15) is 0 Å². The molecule has 0 aliphatic rings. The number of rotatable bonds is 2. The van der Waals surface area contributed by atoms with E-state index in [1.165, 1.54) is 15.7 Å². The summed E-state index contributed by atoms with van der Waals surface area (Å²) in [4.78, 5) is 2.21. The number of hydrogen-bond donors (Lipinski definition) is 0. The first kappa shape index (κ1) is 12.7. The van der Waals surface area contributed by atoms with Crippen molar-refractivity contribution in [1.82, 2.24) is 0 Å². The van der Waals surface area contributed by atoms with Crippen LogP contribution in [-0.4, -0.2) is 16.7 Å². The van der Waals surface area contributed by atoms with Gasteiger partial charge in [0.05, 0.1) is 15.7 Å². The van der Waals surface area contributed by atoms with Crippen molar-refractivity contribution >= 4 is 44.1 Å². The lowest BCUT2D eigenvalue weighted by atomic mass is 10.0. The van der Waals surface area contributed by atoms with Gasteiger partial charge in [0.2, 0.25) is 0 Å². The molecule has 0 aromatic heterocycles. The molecule has 3 heteroatoms. The van der Waals surface area contributed by atoms with Gasteiger partial charge in [-0.1, -0.05) is 48.5 Å². The minimum Gasteiger partial charge on any atom is -0.255 e. The lowest BCUT2D eigenvalue weighted by Gasteiger charge is -2.13. The normalized spacial score (nSPS) is 12.9. The van der Waals surface area contributed by atoms with Gasteiger partial charge in [-0.15, -0.1) is 11.8 Å². The fourth-order valence-corrected chi connectivity index (χ4v) is 4.35. The molecule has 0 heterocycles. The van der Waals surface area contributed by atoms with E-state index >= 15 is 0 Å². The molecule has 0 aliphatic heterocycles. The summed E-state index contributed by atoms with van der Waals surface area (Å²) < 4.78 is 12.2. The van der Waals surface area contributed by atoms with Gasteiger partial charge in [0.15, 0.2) is 0 Å². The van der Waals surface area contributed by atoms with Gasteiger partial charge in [-0.2, -0.15) is 0 Å². The fourth-order valence-electron chi connectivity index (χ4n) is 2.58. The maximum Gasteiger partial charge on any atom is 0.0542 e. The molecule has 1 nitrogen and oxygen atoms in total. The number of thioether (sulfide) groups is 1. The SMILES string of the molecule is CSc1c2ccccc2c(S(C)=O)c2ccccc12. The average Bonchev–Trinajstić information content (AvgIpc) is 2.44. The zero-order chi connectivity index (χ0) is 13.4. The van der Waals surface area contributed by atoms with Crippen LogP contribution in [0, 0.1) is 0 Å². The van der Waals surface area contributed by atoms with Gasteiger partial charge in [-0.25, -0.2) is 0 Å². The molecule has 0 spiro atoms.